The number of pyridine rings is 1. The number of carbonyl (C=O) groups excluding carboxylic acids is 1. The first-order valence-corrected chi connectivity index (χ1v) is 7.63. The summed E-state index contributed by atoms with van der Waals surface area (Å²) in [5.74, 6) is 0.708. The quantitative estimate of drug-likeness (QED) is 0.841. The number of amides is 1. The Morgan fingerprint density at radius 1 is 1.30 bits per heavy atom. The van der Waals surface area contributed by atoms with Gasteiger partial charge in [0.2, 0.25) is 5.91 Å². The zero-order valence-electron chi connectivity index (χ0n) is 12.2. The van der Waals surface area contributed by atoms with E-state index in [-0.39, 0.29) is 0 Å². The van der Waals surface area contributed by atoms with Crippen molar-refractivity contribution in [3.63, 3.8) is 0 Å². The smallest absolute Gasteiger partial charge is 0.225 e. The van der Waals surface area contributed by atoms with Gasteiger partial charge in [-0.3, -0.25) is 14.7 Å². The van der Waals surface area contributed by atoms with Gasteiger partial charge in [-0.05, 0) is 37.8 Å². The highest BCUT2D eigenvalue weighted by Gasteiger charge is 2.35. The van der Waals surface area contributed by atoms with Crippen LogP contribution in [0.15, 0.2) is 24.4 Å². The van der Waals surface area contributed by atoms with Crippen LogP contribution in [0.4, 0.5) is 0 Å². The zero-order chi connectivity index (χ0) is 13.9. The van der Waals surface area contributed by atoms with Gasteiger partial charge >= 0.3 is 0 Å². The molecule has 0 spiro atoms. The molecule has 1 aromatic heterocycles. The van der Waals surface area contributed by atoms with Crippen molar-refractivity contribution in [1.82, 2.24) is 14.8 Å². The van der Waals surface area contributed by atoms with Crippen LogP contribution in [0.25, 0.3) is 0 Å². The van der Waals surface area contributed by atoms with Gasteiger partial charge in [0.1, 0.15) is 0 Å². The summed E-state index contributed by atoms with van der Waals surface area (Å²) in [5.41, 5.74) is 1.13. The lowest BCUT2D eigenvalue weighted by Gasteiger charge is -2.36. The second-order valence-corrected chi connectivity index (χ2v) is 6.05. The Labute approximate surface area is 120 Å². The van der Waals surface area contributed by atoms with Gasteiger partial charge in [0.25, 0.3) is 0 Å². The molecule has 1 aromatic rings. The van der Waals surface area contributed by atoms with E-state index in [0.717, 1.165) is 51.0 Å². The topological polar surface area (TPSA) is 36.4 Å². The summed E-state index contributed by atoms with van der Waals surface area (Å²) < 4.78 is 0. The number of hydrogen-bond acceptors (Lipinski definition) is 3. The van der Waals surface area contributed by atoms with Crippen molar-refractivity contribution in [3.05, 3.63) is 30.1 Å². The molecule has 2 fully saturated rings. The number of carbonyl (C=O) groups is 1. The second kappa shape index (κ2) is 5.92. The maximum Gasteiger partial charge on any atom is 0.225 e. The Morgan fingerprint density at radius 3 is 2.65 bits per heavy atom. The minimum atomic E-state index is 0.339. The molecule has 1 saturated heterocycles. The molecule has 0 atom stereocenters. The van der Waals surface area contributed by atoms with E-state index in [2.05, 4.69) is 16.0 Å². The molecule has 0 radical (unpaired) electrons. The average Bonchev–Trinajstić information content (AvgIpc) is 3.32. The fraction of sp³-hybridized carbons (Fsp3) is 0.625. The lowest BCUT2D eigenvalue weighted by Crippen LogP contribution is -2.45. The predicted molar refractivity (Wildman–Crippen MR) is 78.0 cm³/mol. The molecular formula is C16H23N3O. The third-order valence-electron chi connectivity index (χ3n) is 4.49. The SMILES string of the molecule is CN(C(=O)C1CC1)C1CCN(Cc2ccccn2)CC1. The maximum absolute atomic E-state index is 12.1. The minimum Gasteiger partial charge on any atom is -0.342 e. The van der Waals surface area contributed by atoms with Crippen molar-refractivity contribution in [2.24, 2.45) is 5.92 Å². The third kappa shape index (κ3) is 3.18. The highest BCUT2D eigenvalue weighted by atomic mass is 16.2. The van der Waals surface area contributed by atoms with E-state index in [9.17, 15) is 4.79 Å². The zero-order valence-corrected chi connectivity index (χ0v) is 12.2. The van der Waals surface area contributed by atoms with Crippen molar-refractivity contribution >= 4 is 5.91 Å². The highest BCUT2D eigenvalue weighted by molar-refractivity contribution is 5.81. The van der Waals surface area contributed by atoms with E-state index in [1.165, 1.54) is 0 Å². The molecule has 4 nitrogen and oxygen atoms in total. The van der Waals surface area contributed by atoms with Crippen molar-refractivity contribution < 1.29 is 4.79 Å². The maximum atomic E-state index is 12.1. The third-order valence-corrected chi connectivity index (χ3v) is 4.49. The number of nitrogens with zero attached hydrogens (tertiary/aromatic N) is 3. The lowest BCUT2D eigenvalue weighted by atomic mass is 10.0. The van der Waals surface area contributed by atoms with E-state index in [4.69, 9.17) is 0 Å². The van der Waals surface area contributed by atoms with Crippen LogP contribution in [0, 0.1) is 5.92 Å². The molecule has 0 bridgehead atoms. The summed E-state index contributed by atoms with van der Waals surface area (Å²) in [6.07, 6.45) is 6.22. The molecule has 108 valence electrons. The summed E-state index contributed by atoms with van der Waals surface area (Å²) >= 11 is 0. The molecule has 3 rings (SSSR count). The van der Waals surface area contributed by atoms with Crippen molar-refractivity contribution in [1.29, 1.82) is 0 Å². The van der Waals surface area contributed by atoms with E-state index in [0.29, 0.717) is 17.9 Å². The average molecular weight is 273 g/mol. The van der Waals surface area contributed by atoms with Gasteiger partial charge in [-0.15, -0.1) is 0 Å². The van der Waals surface area contributed by atoms with Crippen LogP contribution in [-0.4, -0.2) is 46.9 Å². The van der Waals surface area contributed by atoms with Crippen LogP contribution in [0.1, 0.15) is 31.4 Å². The fourth-order valence-electron chi connectivity index (χ4n) is 2.98. The number of rotatable bonds is 4. The minimum absolute atomic E-state index is 0.339. The molecule has 1 amide bonds. The van der Waals surface area contributed by atoms with Crippen molar-refractivity contribution in [2.45, 2.75) is 38.3 Å². The Kier molecular flexibility index (Phi) is 4.01. The standard InChI is InChI=1S/C16H23N3O/c1-18(16(20)13-5-6-13)15-7-10-19(11-8-15)12-14-4-2-3-9-17-14/h2-4,9,13,15H,5-8,10-12H2,1H3. The molecule has 2 aliphatic rings. The van der Waals surface area contributed by atoms with Gasteiger partial charge in [0.05, 0.1) is 5.69 Å². The van der Waals surface area contributed by atoms with Gasteiger partial charge in [-0.1, -0.05) is 6.07 Å². The number of aromatic nitrogens is 1. The molecule has 0 N–H and O–H groups in total. The van der Waals surface area contributed by atoms with Crippen LogP contribution < -0.4 is 0 Å². The predicted octanol–water partition coefficient (Wildman–Crippen LogP) is 1.91. The molecule has 0 aromatic carbocycles. The van der Waals surface area contributed by atoms with Crippen LogP contribution in [0.3, 0.4) is 0 Å². The second-order valence-electron chi connectivity index (χ2n) is 6.05. The molecular weight excluding hydrogens is 250 g/mol. The van der Waals surface area contributed by atoms with Crippen molar-refractivity contribution in [3.8, 4) is 0 Å². The van der Waals surface area contributed by atoms with Gasteiger partial charge in [-0.25, -0.2) is 0 Å². The van der Waals surface area contributed by atoms with Gasteiger partial charge in [-0.2, -0.15) is 0 Å². The van der Waals surface area contributed by atoms with E-state index >= 15 is 0 Å². The summed E-state index contributed by atoms with van der Waals surface area (Å²) in [5, 5.41) is 0. The van der Waals surface area contributed by atoms with E-state index in [1.54, 1.807) is 0 Å². The molecule has 20 heavy (non-hydrogen) atoms. The van der Waals surface area contributed by atoms with E-state index in [1.807, 2.05) is 30.3 Å². The van der Waals surface area contributed by atoms with Crippen LogP contribution in [0.2, 0.25) is 0 Å². The summed E-state index contributed by atoms with van der Waals surface area (Å²) in [4.78, 5) is 20.9. The van der Waals surface area contributed by atoms with Crippen LogP contribution in [0.5, 0.6) is 0 Å². The lowest BCUT2D eigenvalue weighted by molar-refractivity contribution is -0.134. The molecule has 1 aliphatic heterocycles. The normalized spacial score (nSPS) is 20.9. The summed E-state index contributed by atoms with van der Waals surface area (Å²) in [7, 11) is 1.99. The summed E-state index contributed by atoms with van der Waals surface area (Å²) in [6.45, 7) is 3.04. The van der Waals surface area contributed by atoms with Crippen LogP contribution >= 0.6 is 0 Å². The Morgan fingerprint density at radius 2 is 2.05 bits per heavy atom. The Bertz CT molecular complexity index is 450. The Balaban J connectivity index is 1.48. The first-order valence-electron chi connectivity index (χ1n) is 7.63. The van der Waals surface area contributed by atoms with Gasteiger partial charge in [0, 0.05) is 44.8 Å². The monoisotopic (exact) mass is 273 g/mol. The van der Waals surface area contributed by atoms with E-state index < -0.39 is 0 Å². The number of piperidine rings is 1. The largest absolute Gasteiger partial charge is 0.342 e. The molecule has 2 heterocycles. The highest BCUT2D eigenvalue weighted by Crippen LogP contribution is 2.32. The van der Waals surface area contributed by atoms with Gasteiger partial charge in [0.15, 0.2) is 0 Å². The Hall–Kier alpha value is -1.42. The summed E-state index contributed by atoms with van der Waals surface area (Å²) in [6, 6.07) is 6.50. The first kappa shape index (κ1) is 13.6. The first-order chi connectivity index (χ1) is 9.74. The molecule has 0 unspecified atom stereocenters. The number of likely N-dealkylation sites (tertiary alicyclic amines) is 1. The molecule has 4 heteroatoms. The molecule has 1 saturated carbocycles. The van der Waals surface area contributed by atoms with Gasteiger partial charge < -0.3 is 4.90 Å². The van der Waals surface area contributed by atoms with Crippen LogP contribution in [-0.2, 0) is 11.3 Å². The van der Waals surface area contributed by atoms with Crippen molar-refractivity contribution in [2.75, 3.05) is 20.1 Å². The fourth-order valence-corrected chi connectivity index (χ4v) is 2.98. The number of hydrogen-bond donors (Lipinski definition) is 0. The molecule has 1 aliphatic carbocycles.